The number of carboxylic acids is 1. The lowest BCUT2D eigenvalue weighted by molar-refractivity contribution is -0.159. The lowest BCUT2D eigenvalue weighted by Crippen LogP contribution is -2.43. The lowest BCUT2D eigenvalue weighted by Gasteiger charge is -2.37. The minimum absolute atomic E-state index is 0.0367. The fraction of sp³-hybridized carbons (Fsp3) is 0.818. The monoisotopic (exact) mass is 211 g/mol. The van der Waals surface area contributed by atoms with Crippen molar-refractivity contribution < 1.29 is 14.7 Å². The van der Waals surface area contributed by atoms with Crippen LogP contribution in [0.25, 0.3) is 0 Å². The molecular formula is C11H17NO3. The third-order valence-corrected chi connectivity index (χ3v) is 3.71. The zero-order chi connectivity index (χ0) is 10.9. The SMILES string of the molecule is O=C(CC1(C(=O)O)CCC1)N1CCCC1. The Kier molecular flexibility index (Phi) is 2.67. The van der Waals surface area contributed by atoms with E-state index in [0.29, 0.717) is 12.8 Å². The second kappa shape index (κ2) is 3.83. The number of likely N-dealkylation sites (tertiary alicyclic amines) is 1. The third kappa shape index (κ3) is 1.85. The summed E-state index contributed by atoms with van der Waals surface area (Å²) in [5.41, 5.74) is -0.723. The number of hydrogen-bond donors (Lipinski definition) is 1. The first kappa shape index (κ1) is 10.5. The Morgan fingerprint density at radius 1 is 1.13 bits per heavy atom. The van der Waals surface area contributed by atoms with Crippen LogP contribution in [-0.4, -0.2) is 35.0 Å². The van der Waals surface area contributed by atoms with E-state index in [1.807, 2.05) is 4.90 Å². The van der Waals surface area contributed by atoms with Gasteiger partial charge in [-0.05, 0) is 25.7 Å². The average molecular weight is 211 g/mol. The predicted octanol–water partition coefficient (Wildman–Crippen LogP) is 1.25. The van der Waals surface area contributed by atoms with Gasteiger partial charge >= 0.3 is 5.97 Å². The first-order chi connectivity index (χ1) is 7.14. The zero-order valence-corrected chi connectivity index (χ0v) is 8.87. The minimum Gasteiger partial charge on any atom is -0.481 e. The summed E-state index contributed by atoms with van der Waals surface area (Å²) in [5, 5.41) is 9.10. The molecule has 15 heavy (non-hydrogen) atoms. The number of amides is 1. The van der Waals surface area contributed by atoms with Crippen LogP contribution in [0.2, 0.25) is 0 Å². The molecule has 0 bridgehead atoms. The number of carbonyl (C=O) groups is 2. The molecule has 0 unspecified atom stereocenters. The number of carboxylic acid groups (broad SMARTS) is 1. The molecule has 1 aliphatic carbocycles. The van der Waals surface area contributed by atoms with Crippen LogP contribution in [-0.2, 0) is 9.59 Å². The Morgan fingerprint density at radius 3 is 2.13 bits per heavy atom. The van der Waals surface area contributed by atoms with Crippen LogP contribution in [0.4, 0.5) is 0 Å². The molecule has 0 aromatic carbocycles. The van der Waals surface area contributed by atoms with Crippen LogP contribution in [0.15, 0.2) is 0 Å². The van der Waals surface area contributed by atoms with Crippen molar-refractivity contribution in [2.45, 2.75) is 38.5 Å². The van der Waals surface area contributed by atoms with Gasteiger partial charge in [-0.3, -0.25) is 9.59 Å². The maximum Gasteiger partial charge on any atom is 0.310 e. The summed E-state index contributed by atoms with van der Waals surface area (Å²) >= 11 is 0. The molecule has 0 atom stereocenters. The van der Waals surface area contributed by atoms with E-state index in [4.69, 9.17) is 5.11 Å². The zero-order valence-electron chi connectivity index (χ0n) is 8.87. The van der Waals surface area contributed by atoms with E-state index in [-0.39, 0.29) is 12.3 Å². The highest BCUT2D eigenvalue weighted by Crippen LogP contribution is 2.44. The second-order valence-electron chi connectivity index (χ2n) is 4.70. The van der Waals surface area contributed by atoms with Gasteiger partial charge in [-0.1, -0.05) is 6.42 Å². The van der Waals surface area contributed by atoms with Crippen molar-refractivity contribution in [3.05, 3.63) is 0 Å². The fourth-order valence-electron chi connectivity index (χ4n) is 2.44. The second-order valence-corrected chi connectivity index (χ2v) is 4.70. The number of rotatable bonds is 3. The molecule has 0 radical (unpaired) electrons. The molecule has 0 spiro atoms. The van der Waals surface area contributed by atoms with E-state index in [1.165, 1.54) is 0 Å². The Hall–Kier alpha value is -1.06. The van der Waals surface area contributed by atoms with Crippen molar-refractivity contribution in [1.82, 2.24) is 4.90 Å². The molecule has 4 heteroatoms. The van der Waals surface area contributed by atoms with E-state index >= 15 is 0 Å². The van der Waals surface area contributed by atoms with Crippen molar-refractivity contribution in [3.63, 3.8) is 0 Å². The largest absolute Gasteiger partial charge is 0.481 e. The van der Waals surface area contributed by atoms with Gasteiger partial charge in [-0.15, -0.1) is 0 Å². The van der Waals surface area contributed by atoms with Gasteiger partial charge in [0.05, 0.1) is 5.41 Å². The Balaban J connectivity index is 1.94. The van der Waals surface area contributed by atoms with Gasteiger partial charge in [-0.2, -0.15) is 0 Å². The van der Waals surface area contributed by atoms with Crippen molar-refractivity contribution in [2.75, 3.05) is 13.1 Å². The molecule has 1 amide bonds. The lowest BCUT2D eigenvalue weighted by atomic mass is 9.66. The Bertz CT molecular complexity index is 278. The molecule has 1 aliphatic heterocycles. The van der Waals surface area contributed by atoms with Crippen LogP contribution < -0.4 is 0 Å². The Morgan fingerprint density at radius 2 is 1.73 bits per heavy atom. The first-order valence-electron chi connectivity index (χ1n) is 5.65. The van der Waals surface area contributed by atoms with Gasteiger partial charge in [0.15, 0.2) is 0 Å². The van der Waals surface area contributed by atoms with Crippen LogP contribution in [0.1, 0.15) is 38.5 Å². The van der Waals surface area contributed by atoms with Crippen LogP contribution >= 0.6 is 0 Å². The first-order valence-corrected chi connectivity index (χ1v) is 5.65. The summed E-state index contributed by atoms with van der Waals surface area (Å²) in [4.78, 5) is 24.7. The number of hydrogen-bond acceptors (Lipinski definition) is 2. The molecular weight excluding hydrogens is 194 g/mol. The van der Waals surface area contributed by atoms with Crippen LogP contribution in [0, 0.1) is 5.41 Å². The molecule has 1 saturated carbocycles. The van der Waals surface area contributed by atoms with Crippen molar-refractivity contribution in [1.29, 1.82) is 0 Å². The molecule has 2 rings (SSSR count). The standard InChI is InChI=1S/C11H17NO3/c13-9(12-6-1-2-7-12)8-11(10(14)15)4-3-5-11/h1-8H2,(H,14,15). The van der Waals surface area contributed by atoms with Crippen molar-refractivity contribution in [3.8, 4) is 0 Å². The van der Waals surface area contributed by atoms with Crippen LogP contribution in [0.3, 0.4) is 0 Å². The molecule has 1 N–H and O–H groups in total. The highest BCUT2D eigenvalue weighted by molar-refractivity contribution is 5.85. The Labute approximate surface area is 89.3 Å². The molecule has 84 valence electrons. The maximum absolute atomic E-state index is 11.8. The van der Waals surface area contributed by atoms with E-state index in [0.717, 1.165) is 32.4 Å². The predicted molar refractivity (Wildman–Crippen MR) is 54.4 cm³/mol. The van der Waals surface area contributed by atoms with Gasteiger partial charge in [0, 0.05) is 19.5 Å². The summed E-state index contributed by atoms with van der Waals surface area (Å²) in [6, 6.07) is 0. The molecule has 4 nitrogen and oxygen atoms in total. The maximum atomic E-state index is 11.8. The quantitative estimate of drug-likeness (QED) is 0.764. The fourth-order valence-corrected chi connectivity index (χ4v) is 2.44. The van der Waals surface area contributed by atoms with E-state index in [9.17, 15) is 9.59 Å². The molecule has 0 aromatic rings. The number of aliphatic carboxylic acids is 1. The van der Waals surface area contributed by atoms with Crippen molar-refractivity contribution >= 4 is 11.9 Å². The summed E-state index contributed by atoms with van der Waals surface area (Å²) in [5.74, 6) is -0.754. The number of nitrogens with zero attached hydrogens (tertiary/aromatic N) is 1. The number of carbonyl (C=O) groups excluding carboxylic acids is 1. The van der Waals surface area contributed by atoms with E-state index in [2.05, 4.69) is 0 Å². The van der Waals surface area contributed by atoms with Gasteiger partial charge in [0.2, 0.25) is 5.91 Å². The van der Waals surface area contributed by atoms with Gasteiger partial charge < -0.3 is 10.0 Å². The van der Waals surface area contributed by atoms with Crippen molar-refractivity contribution in [2.24, 2.45) is 5.41 Å². The van der Waals surface area contributed by atoms with Gasteiger partial charge in [-0.25, -0.2) is 0 Å². The topological polar surface area (TPSA) is 57.6 Å². The average Bonchev–Trinajstić information content (AvgIpc) is 2.62. The van der Waals surface area contributed by atoms with Gasteiger partial charge in [0.25, 0.3) is 0 Å². The van der Waals surface area contributed by atoms with E-state index in [1.54, 1.807) is 0 Å². The molecule has 2 aliphatic rings. The molecule has 0 aromatic heterocycles. The summed E-state index contributed by atoms with van der Waals surface area (Å²) in [6.07, 6.45) is 4.61. The van der Waals surface area contributed by atoms with Gasteiger partial charge in [0.1, 0.15) is 0 Å². The molecule has 2 fully saturated rings. The third-order valence-electron chi connectivity index (χ3n) is 3.71. The summed E-state index contributed by atoms with van der Waals surface area (Å²) < 4.78 is 0. The van der Waals surface area contributed by atoms with Crippen LogP contribution in [0.5, 0.6) is 0 Å². The smallest absolute Gasteiger partial charge is 0.310 e. The molecule has 1 heterocycles. The normalized spacial score (nSPS) is 23.6. The minimum atomic E-state index is -0.790. The summed E-state index contributed by atoms with van der Waals surface area (Å²) in [6.45, 7) is 1.63. The van der Waals surface area contributed by atoms with E-state index < -0.39 is 11.4 Å². The molecule has 1 saturated heterocycles. The summed E-state index contributed by atoms with van der Waals surface area (Å²) in [7, 11) is 0. The highest BCUT2D eigenvalue weighted by atomic mass is 16.4. The highest BCUT2D eigenvalue weighted by Gasteiger charge is 2.46.